The molecule has 5 heteroatoms. The molecule has 0 saturated heterocycles. The Morgan fingerprint density at radius 1 is 0.600 bits per heavy atom. The first-order valence-corrected chi connectivity index (χ1v) is 14.2. The van der Waals surface area contributed by atoms with Crippen molar-refractivity contribution in [2.75, 3.05) is 0 Å². The molecule has 1 aliphatic rings. The van der Waals surface area contributed by atoms with E-state index in [2.05, 4.69) is 113 Å². The number of benzene rings is 5. The van der Waals surface area contributed by atoms with Crippen molar-refractivity contribution in [3.63, 3.8) is 0 Å². The third kappa shape index (κ3) is 3.31. The second-order valence-electron chi connectivity index (χ2n) is 8.71. The molecule has 5 aromatic carbocycles. The van der Waals surface area contributed by atoms with Crippen LogP contribution in [-0.2, 0) is 0 Å². The molecule has 35 heavy (non-hydrogen) atoms. The number of nitro benzene ring substituents is 1. The summed E-state index contributed by atoms with van der Waals surface area (Å²) in [5.41, 5.74) is 4.04. The largest absolute Gasteiger partial charge is 0.277 e. The van der Waals surface area contributed by atoms with Crippen LogP contribution in [0.25, 0.3) is 22.3 Å². The number of nitrogens with zero attached hydrogens (tertiary/aromatic N) is 1. The lowest BCUT2D eigenvalue weighted by Crippen LogP contribution is -2.72. The number of hydrogen-bond donors (Lipinski definition) is 0. The van der Waals surface area contributed by atoms with E-state index in [0.29, 0.717) is 5.56 Å². The van der Waals surface area contributed by atoms with Gasteiger partial charge in [-0.25, -0.2) is 0 Å². The van der Waals surface area contributed by atoms with Crippen LogP contribution < -0.4 is 20.7 Å². The fourth-order valence-corrected chi connectivity index (χ4v) is 11.1. The molecule has 0 aromatic heterocycles. The van der Waals surface area contributed by atoms with Gasteiger partial charge in [-0.2, -0.15) is 0 Å². The van der Waals surface area contributed by atoms with Gasteiger partial charge < -0.3 is 0 Å². The van der Waals surface area contributed by atoms with Gasteiger partial charge in [-0.1, -0.05) is 119 Å². The van der Waals surface area contributed by atoms with Crippen LogP contribution in [0, 0.1) is 10.1 Å². The van der Waals surface area contributed by atoms with E-state index in [-0.39, 0.29) is 10.6 Å². The monoisotopic (exact) mass is 533 g/mol. The molecule has 0 aliphatic carbocycles. The molecule has 0 spiro atoms. The third-order valence-corrected chi connectivity index (χ3v) is 12.3. The van der Waals surface area contributed by atoms with Crippen molar-refractivity contribution in [2.24, 2.45) is 0 Å². The Morgan fingerprint density at radius 2 is 1.20 bits per heavy atom. The van der Waals surface area contributed by atoms with E-state index in [0.717, 1.165) is 10.0 Å². The number of fused-ring (bicyclic) bond motifs is 3. The van der Waals surface area contributed by atoms with Crippen LogP contribution in [0.2, 0.25) is 0 Å². The lowest BCUT2D eigenvalue weighted by atomic mass is 9.99. The van der Waals surface area contributed by atoms with Gasteiger partial charge in [-0.3, -0.25) is 10.1 Å². The van der Waals surface area contributed by atoms with Crippen LogP contribution in [0.4, 0.5) is 5.69 Å². The number of nitro groups is 1. The smallest absolute Gasteiger partial charge is 0.258 e. The Labute approximate surface area is 213 Å². The Kier molecular flexibility index (Phi) is 5.24. The van der Waals surface area contributed by atoms with E-state index in [4.69, 9.17) is 0 Å². The normalized spacial score (nSPS) is 13.2. The summed E-state index contributed by atoms with van der Waals surface area (Å²) < 4.78 is 0.816. The van der Waals surface area contributed by atoms with Crippen LogP contribution in [0.15, 0.2) is 126 Å². The molecule has 3 nitrogen and oxygen atoms in total. The van der Waals surface area contributed by atoms with E-state index in [1.165, 1.54) is 31.9 Å². The first kappa shape index (κ1) is 21.7. The molecule has 0 fully saturated rings. The van der Waals surface area contributed by atoms with Gasteiger partial charge in [-0.05, 0) is 49.6 Å². The molecule has 1 heterocycles. The third-order valence-electron chi connectivity index (χ3n) is 6.92. The fraction of sp³-hybridized carbons (Fsp3) is 0. The zero-order valence-corrected chi connectivity index (χ0v) is 21.3. The molecule has 0 bridgehead atoms. The molecule has 6 rings (SSSR count). The minimum absolute atomic E-state index is 0.107. The number of halogens is 1. The van der Waals surface area contributed by atoms with Crippen LogP contribution in [0.5, 0.6) is 0 Å². The highest BCUT2D eigenvalue weighted by Crippen LogP contribution is 2.36. The SMILES string of the molecule is O=[N+]([O-])c1ccc(Br)cc1-c1ccc2c(c1)[Si](c1ccccc1)(c1ccccc1)c1ccccc1-2. The van der Waals surface area contributed by atoms with E-state index >= 15 is 0 Å². The van der Waals surface area contributed by atoms with Gasteiger partial charge in [-0.15, -0.1) is 0 Å². The first-order chi connectivity index (χ1) is 17.1. The van der Waals surface area contributed by atoms with Crippen molar-refractivity contribution < 1.29 is 4.92 Å². The number of hydrogen-bond acceptors (Lipinski definition) is 2. The molecule has 0 atom stereocenters. The molecule has 1 aliphatic heterocycles. The van der Waals surface area contributed by atoms with Gasteiger partial charge >= 0.3 is 0 Å². The predicted molar refractivity (Wildman–Crippen MR) is 149 cm³/mol. The van der Waals surface area contributed by atoms with Crippen molar-refractivity contribution in [3.8, 4) is 22.3 Å². The zero-order valence-electron chi connectivity index (χ0n) is 18.7. The van der Waals surface area contributed by atoms with Gasteiger partial charge in [0.25, 0.3) is 5.69 Å². The summed E-state index contributed by atoms with van der Waals surface area (Å²) in [5, 5.41) is 17.1. The molecule has 0 radical (unpaired) electrons. The quantitative estimate of drug-likeness (QED) is 0.173. The lowest BCUT2D eigenvalue weighted by Gasteiger charge is -2.31. The summed E-state index contributed by atoms with van der Waals surface area (Å²) in [7, 11) is -2.63. The molecule has 0 N–H and O–H groups in total. The lowest BCUT2D eigenvalue weighted by molar-refractivity contribution is -0.384. The van der Waals surface area contributed by atoms with Crippen LogP contribution in [0.1, 0.15) is 0 Å². The summed E-state index contributed by atoms with van der Waals surface area (Å²) in [5.74, 6) is 0. The van der Waals surface area contributed by atoms with Crippen molar-refractivity contribution in [1.29, 1.82) is 0 Å². The maximum atomic E-state index is 11.9. The van der Waals surface area contributed by atoms with E-state index in [1.54, 1.807) is 12.1 Å². The Balaban J connectivity index is 1.73. The van der Waals surface area contributed by atoms with Crippen LogP contribution in [-0.4, -0.2) is 13.0 Å². The maximum absolute atomic E-state index is 11.9. The molecule has 0 saturated carbocycles. The summed E-state index contributed by atoms with van der Waals surface area (Å²) in [6.07, 6.45) is 0. The predicted octanol–water partition coefficient (Wildman–Crippen LogP) is 5.38. The standard InChI is InChI=1S/C30H20BrNO2Si/c31-22-16-18-28(32(33)34)27(20-22)21-15-17-26-25-13-7-8-14-29(25)35(30(26)19-21,23-9-3-1-4-10-23)24-11-5-2-6-12-24/h1-20H. The van der Waals surface area contributed by atoms with Gasteiger partial charge in [0.1, 0.15) is 0 Å². The summed E-state index contributed by atoms with van der Waals surface area (Å²) >= 11 is 3.51. The minimum Gasteiger partial charge on any atom is -0.258 e. The highest BCUT2D eigenvalue weighted by molar-refractivity contribution is 9.10. The van der Waals surface area contributed by atoms with Crippen molar-refractivity contribution in [3.05, 3.63) is 136 Å². The second kappa shape index (κ2) is 8.45. The second-order valence-corrected chi connectivity index (χ2v) is 13.4. The molecule has 0 amide bonds. The Bertz CT molecular complexity index is 1550. The zero-order chi connectivity index (χ0) is 24.0. The van der Waals surface area contributed by atoms with Gasteiger partial charge in [0.05, 0.1) is 10.5 Å². The number of rotatable bonds is 4. The summed E-state index contributed by atoms with van der Waals surface area (Å²) in [6, 6.07) is 41.7. The Morgan fingerprint density at radius 3 is 1.86 bits per heavy atom. The molecular weight excluding hydrogens is 514 g/mol. The minimum atomic E-state index is -2.63. The van der Waals surface area contributed by atoms with E-state index in [9.17, 15) is 10.1 Å². The Hall–Kier alpha value is -3.80. The average molecular weight is 534 g/mol. The average Bonchev–Trinajstić information content (AvgIpc) is 3.20. The fourth-order valence-electron chi connectivity index (χ4n) is 5.51. The summed E-state index contributed by atoms with van der Waals surface area (Å²) in [4.78, 5) is 11.6. The summed E-state index contributed by atoms with van der Waals surface area (Å²) in [6.45, 7) is 0. The topological polar surface area (TPSA) is 43.1 Å². The van der Waals surface area contributed by atoms with Crippen molar-refractivity contribution in [2.45, 2.75) is 0 Å². The van der Waals surface area contributed by atoms with E-state index < -0.39 is 8.07 Å². The van der Waals surface area contributed by atoms with Crippen molar-refractivity contribution >= 4 is 50.4 Å². The van der Waals surface area contributed by atoms with Crippen LogP contribution >= 0.6 is 15.9 Å². The van der Waals surface area contributed by atoms with Gasteiger partial charge in [0.2, 0.25) is 0 Å². The first-order valence-electron chi connectivity index (χ1n) is 11.4. The highest BCUT2D eigenvalue weighted by Gasteiger charge is 2.48. The van der Waals surface area contributed by atoms with Gasteiger partial charge in [0.15, 0.2) is 8.07 Å². The van der Waals surface area contributed by atoms with Gasteiger partial charge in [0, 0.05) is 10.5 Å². The molecule has 168 valence electrons. The maximum Gasteiger partial charge on any atom is 0.277 e. The molecule has 0 unspecified atom stereocenters. The van der Waals surface area contributed by atoms with Crippen LogP contribution in [0.3, 0.4) is 0 Å². The highest BCUT2D eigenvalue weighted by atomic mass is 79.9. The molecule has 5 aromatic rings. The molecular formula is C30H20BrNO2Si. The van der Waals surface area contributed by atoms with Crippen molar-refractivity contribution in [1.82, 2.24) is 0 Å². The van der Waals surface area contributed by atoms with E-state index in [1.807, 2.05) is 12.1 Å².